The number of carboxylic acid groups (broad SMARTS) is 1. The number of hydrogen-bond donors (Lipinski definition) is 2. The maximum Gasteiger partial charge on any atom is 0.342 e. The summed E-state index contributed by atoms with van der Waals surface area (Å²) >= 11 is 0. The molecule has 7 heteroatoms. The number of rotatable bonds is 8. The number of carboxylic acids is 1. The van der Waals surface area contributed by atoms with E-state index < -0.39 is 17.5 Å². The molecule has 0 spiro atoms. The lowest BCUT2D eigenvalue weighted by Crippen LogP contribution is -2.40. The first-order chi connectivity index (χ1) is 12.0. The molecule has 156 valence electrons. The van der Waals surface area contributed by atoms with Gasteiger partial charge in [-0.15, -0.1) is 12.4 Å². The van der Waals surface area contributed by atoms with Crippen LogP contribution in [-0.2, 0) is 19.9 Å². The molecule has 1 rings (SSSR count). The maximum atomic E-state index is 12.3. The molecule has 0 aliphatic heterocycles. The van der Waals surface area contributed by atoms with Gasteiger partial charge in [0.15, 0.2) is 5.60 Å². The van der Waals surface area contributed by atoms with Crippen molar-refractivity contribution < 1.29 is 24.5 Å². The lowest BCUT2D eigenvalue weighted by Gasteiger charge is -2.32. The van der Waals surface area contributed by atoms with E-state index in [-0.39, 0.29) is 24.4 Å². The van der Waals surface area contributed by atoms with Crippen LogP contribution >= 0.6 is 12.4 Å². The van der Waals surface area contributed by atoms with Gasteiger partial charge in [-0.2, -0.15) is 0 Å². The normalized spacial score (nSPS) is 12.9. The van der Waals surface area contributed by atoms with Gasteiger partial charge in [0.1, 0.15) is 0 Å². The summed E-state index contributed by atoms with van der Waals surface area (Å²) in [7, 11) is 0. The second-order valence-electron chi connectivity index (χ2n) is 7.16. The fourth-order valence-corrected chi connectivity index (χ4v) is 2.38. The Morgan fingerprint density at radius 2 is 1.52 bits per heavy atom. The molecule has 1 aromatic carbocycles. The molecular formula is C20H34ClNO5. The lowest BCUT2D eigenvalue weighted by molar-refractivity contribution is -0.168. The van der Waals surface area contributed by atoms with Crippen LogP contribution in [0.25, 0.3) is 0 Å². The Kier molecular flexibility index (Phi) is 13.0. The van der Waals surface area contributed by atoms with Crippen LogP contribution in [0.15, 0.2) is 30.3 Å². The molecule has 0 aromatic heterocycles. The molecule has 0 heterocycles. The van der Waals surface area contributed by atoms with Crippen molar-refractivity contribution in [1.82, 2.24) is 4.90 Å². The average Bonchev–Trinajstić information content (AvgIpc) is 2.58. The molecule has 0 saturated heterocycles. The smallest absolute Gasteiger partial charge is 0.342 e. The van der Waals surface area contributed by atoms with E-state index in [1.807, 2.05) is 6.07 Å². The summed E-state index contributed by atoms with van der Waals surface area (Å²) in [6.45, 7) is 14.0. The van der Waals surface area contributed by atoms with Crippen LogP contribution in [0.1, 0.15) is 47.1 Å². The summed E-state index contributed by atoms with van der Waals surface area (Å²) < 4.78 is 5.40. The van der Waals surface area contributed by atoms with E-state index in [0.717, 1.165) is 26.6 Å². The first-order valence-corrected chi connectivity index (χ1v) is 8.83. The zero-order valence-corrected chi connectivity index (χ0v) is 18.0. The van der Waals surface area contributed by atoms with E-state index in [1.165, 1.54) is 6.92 Å². The van der Waals surface area contributed by atoms with Crippen molar-refractivity contribution in [3.63, 3.8) is 0 Å². The minimum atomic E-state index is -1.62. The van der Waals surface area contributed by atoms with Crippen LogP contribution in [0, 0.1) is 5.41 Å². The molecule has 0 amide bonds. The molecule has 27 heavy (non-hydrogen) atoms. The Labute approximate surface area is 168 Å². The minimum Gasteiger partial charge on any atom is -0.481 e. The number of nitrogens with zero attached hydrogens (tertiary/aromatic N) is 1. The first kappa shape index (κ1) is 27.6. The van der Waals surface area contributed by atoms with Crippen LogP contribution in [0.5, 0.6) is 0 Å². The minimum absolute atomic E-state index is 0. The van der Waals surface area contributed by atoms with Crippen molar-refractivity contribution in [3.8, 4) is 0 Å². The third kappa shape index (κ3) is 11.0. The van der Waals surface area contributed by atoms with Crippen molar-refractivity contribution in [2.24, 2.45) is 5.41 Å². The van der Waals surface area contributed by atoms with E-state index in [1.54, 1.807) is 24.3 Å². The van der Waals surface area contributed by atoms with Crippen LogP contribution < -0.4 is 0 Å². The van der Waals surface area contributed by atoms with Crippen LogP contribution in [0.3, 0.4) is 0 Å². The summed E-state index contributed by atoms with van der Waals surface area (Å²) in [5.41, 5.74) is -1.23. The van der Waals surface area contributed by atoms with Crippen molar-refractivity contribution in [2.75, 3.05) is 26.2 Å². The van der Waals surface area contributed by atoms with Crippen LogP contribution in [0.4, 0.5) is 0 Å². The van der Waals surface area contributed by atoms with Gasteiger partial charge in [0, 0.05) is 18.9 Å². The van der Waals surface area contributed by atoms with Gasteiger partial charge < -0.3 is 19.8 Å². The number of aliphatic carboxylic acids is 1. The number of aliphatic hydroxyl groups is 1. The van der Waals surface area contributed by atoms with Crippen LogP contribution in [0.2, 0.25) is 0 Å². The monoisotopic (exact) mass is 403 g/mol. The Morgan fingerprint density at radius 1 is 1.07 bits per heavy atom. The summed E-state index contributed by atoms with van der Waals surface area (Å²) in [4.78, 5) is 23.5. The summed E-state index contributed by atoms with van der Waals surface area (Å²) in [6.07, 6.45) is 0. The van der Waals surface area contributed by atoms with Gasteiger partial charge in [0.25, 0.3) is 5.97 Å². The Bertz CT molecular complexity index is 553. The van der Waals surface area contributed by atoms with E-state index in [0.29, 0.717) is 5.56 Å². The topological polar surface area (TPSA) is 87.1 Å². The molecule has 1 atom stereocenters. The van der Waals surface area contributed by atoms with E-state index in [4.69, 9.17) is 14.6 Å². The predicted molar refractivity (Wildman–Crippen MR) is 109 cm³/mol. The van der Waals surface area contributed by atoms with Gasteiger partial charge in [0.05, 0.1) is 6.61 Å². The fraction of sp³-hybridized carbons (Fsp3) is 0.600. The summed E-state index contributed by atoms with van der Waals surface area (Å²) in [5.74, 6) is -1.44. The van der Waals surface area contributed by atoms with Gasteiger partial charge in [-0.25, -0.2) is 4.79 Å². The Morgan fingerprint density at radius 3 is 1.93 bits per heavy atom. The second kappa shape index (κ2) is 12.7. The molecule has 0 fully saturated rings. The third-order valence-electron chi connectivity index (χ3n) is 3.87. The Balaban J connectivity index is 0. The van der Waals surface area contributed by atoms with Gasteiger partial charge in [-0.3, -0.25) is 4.79 Å². The van der Waals surface area contributed by atoms with Crippen molar-refractivity contribution >= 4 is 24.3 Å². The fourth-order valence-electron chi connectivity index (χ4n) is 2.38. The SMILES string of the molecule is CC(=O)O.CCN(CC)CC(C)(C)COC(=O)C(C)(O)c1ccccc1.Cl. The molecule has 1 unspecified atom stereocenters. The van der Waals surface area contributed by atoms with Crippen molar-refractivity contribution in [3.05, 3.63) is 35.9 Å². The largest absolute Gasteiger partial charge is 0.481 e. The highest BCUT2D eigenvalue weighted by Gasteiger charge is 2.35. The number of carbonyl (C=O) groups excluding carboxylic acids is 1. The van der Waals surface area contributed by atoms with E-state index in [9.17, 15) is 9.90 Å². The second-order valence-corrected chi connectivity index (χ2v) is 7.16. The number of ether oxygens (including phenoxy) is 1. The van der Waals surface area contributed by atoms with Gasteiger partial charge in [0.2, 0.25) is 0 Å². The highest BCUT2D eigenvalue weighted by Crippen LogP contribution is 2.24. The summed E-state index contributed by atoms with van der Waals surface area (Å²) in [5, 5.41) is 17.9. The maximum absolute atomic E-state index is 12.3. The molecule has 0 aliphatic carbocycles. The zero-order chi connectivity index (χ0) is 20.4. The molecule has 1 aromatic rings. The molecule has 0 radical (unpaired) electrons. The molecule has 0 saturated carbocycles. The first-order valence-electron chi connectivity index (χ1n) is 8.83. The van der Waals surface area contributed by atoms with Gasteiger partial charge in [-0.1, -0.05) is 58.0 Å². The van der Waals surface area contributed by atoms with Gasteiger partial charge >= 0.3 is 5.97 Å². The molecular weight excluding hydrogens is 370 g/mol. The summed E-state index contributed by atoms with van der Waals surface area (Å²) in [6, 6.07) is 8.88. The number of esters is 1. The highest BCUT2D eigenvalue weighted by molar-refractivity contribution is 5.85. The van der Waals surface area contributed by atoms with Crippen molar-refractivity contribution in [1.29, 1.82) is 0 Å². The lowest BCUT2D eigenvalue weighted by atomic mass is 9.93. The average molecular weight is 404 g/mol. The van der Waals surface area contributed by atoms with Crippen molar-refractivity contribution in [2.45, 2.75) is 47.1 Å². The number of halogens is 1. The van der Waals surface area contributed by atoms with E-state index >= 15 is 0 Å². The quantitative estimate of drug-likeness (QED) is 0.647. The molecule has 0 aliphatic rings. The molecule has 2 N–H and O–H groups in total. The molecule has 0 bridgehead atoms. The zero-order valence-electron chi connectivity index (χ0n) is 17.2. The molecule has 6 nitrogen and oxygen atoms in total. The number of benzene rings is 1. The predicted octanol–water partition coefficient (Wildman–Crippen LogP) is 3.32. The Hall–Kier alpha value is -1.63. The standard InChI is InChI=1S/C18H29NO3.C2H4O2.ClH/c1-6-19(7-2)13-17(3,4)14-22-16(20)18(5,21)15-11-9-8-10-12-15;1-2(3)4;/h8-12,21H,6-7,13-14H2,1-5H3;1H3,(H,3,4);1H. The van der Waals surface area contributed by atoms with E-state index in [2.05, 4.69) is 32.6 Å². The number of carbonyl (C=O) groups is 2. The van der Waals surface area contributed by atoms with Gasteiger partial charge in [-0.05, 0) is 25.6 Å². The highest BCUT2D eigenvalue weighted by atomic mass is 35.5. The third-order valence-corrected chi connectivity index (χ3v) is 3.87. The van der Waals surface area contributed by atoms with Crippen LogP contribution in [-0.4, -0.2) is 53.3 Å². The number of hydrogen-bond acceptors (Lipinski definition) is 5.